The molecule has 1 aliphatic rings. The topological polar surface area (TPSA) is 58.2 Å². The Morgan fingerprint density at radius 1 is 1.14 bits per heavy atom. The first-order chi connectivity index (χ1) is 10.1. The highest BCUT2D eigenvalue weighted by Crippen LogP contribution is 2.27. The number of anilines is 1. The fourth-order valence-electron chi connectivity index (χ4n) is 2.70. The van der Waals surface area contributed by atoms with Crippen molar-refractivity contribution in [3.63, 3.8) is 0 Å². The molecule has 114 valence electrons. The fourth-order valence-corrected chi connectivity index (χ4v) is 3.64. The second-order valence-electron chi connectivity index (χ2n) is 5.40. The molecule has 0 aliphatic heterocycles. The van der Waals surface area contributed by atoms with Gasteiger partial charge in [-0.25, -0.2) is 0 Å². The Balaban J connectivity index is 1.97. The smallest absolute Gasteiger partial charge is 0.251 e. The maximum Gasteiger partial charge on any atom is 0.251 e. The Bertz CT molecular complexity index is 502. The lowest BCUT2D eigenvalue weighted by Crippen LogP contribution is -2.43. The quantitative estimate of drug-likeness (QED) is 0.899. The van der Waals surface area contributed by atoms with Crippen LogP contribution in [0.2, 0.25) is 0 Å². The number of thioether (sulfide) groups is 1. The van der Waals surface area contributed by atoms with Gasteiger partial charge in [0.2, 0.25) is 5.91 Å². The molecule has 4 nitrogen and oxygen atoms in total. The monoisotopic (exact) mass is 306 g/mol. The van der Waals surface area contributed by atoms with E-state index in [-0.39, 0.29) is 17.9 Å². The molecule has 0 aromatic heterocycles. The zero-order valence-corrected chi connectivity index (χ0v) is 13.3. The minimum absolute atomic E-state index is 0.0321. The molecule has 5 heteroatoms. The van der Waals surface area contributed by atoms with E-state index in [4.69, 9.17) is 0 Å². The van der Waals surface area contributed by atoms with Gasteiger partial charge in [0.05, 0.1) is 0 Å². The number of carbonyl (C=O) groups excluding carboxylic acids is 2. The number of nitrogens with one attached hydrogen (secondary N) is 2. The first kappa shape index (κ1) is 15.9. The van der Waals surface area contributed by atoms with Crippen molar-refractivity contribution in [3.05, 3.63) is 29.8 Å². The molecule has 0 saturated heterocycles. The molecule has 1 saturated carbocycles. The van der Waals surface area contributed by atoms with Crippen molar-refractivity contribution in [2.75, 3.05) is 11.6 Å². The molecule has 2 atom stereocenters. The predicted octanol–water partition coefficient (Wildman–Crippen LogP) is 3.05. The molecule has 2 amide bonds. The minimum Gasteiger partial charge on any atom is -0.348 e. The van der Waals surface area contributed by atoms with Crippen molar-refractivity contribution >= 4 is 29.3 Å². The van der Waals surface area contributed by atoms with Gasteiger partial charge < -0.3 is 10.6 Å². The van der Waals surface area contributed by atoms with Gasteiger partial charge in [0, 0.05) is 29.5 Å². The number of carbonyl (C=O) groups is 2. The number of hydrogen-bond acceptors (Lipinski definition) is 3. The lowest BCUT2D eigenvalue weighted by Gasteiger charge is -2.30. The normalized spacial score (nSPS) is 21.6. The van der Waals surface area contributed by atoms with Crippen LogP contribution in [0.15, 0.2) is 24.3 Å². The van der Waals surface area contributed by atoms with Crippen LogP contribution in [-0.2, 0) is 4.79 Å². The van der Waals surface area contributed by atoms with Crippen LogP contribution >= 0.6 is 11.8 Å². The van der Waals surface area contributed by atoms with Gasteiger partial charge in [0.15, 0.2) is 0 Å². The molecule has 0 radical (unpaired) electrons. The van der Waals surface area contributed by atoms with Crippen LogP contribution in [0.3, 0.4) is 0 Å². The number of benzene rings is 1. The highest BCUT2D eigenvalue weighted by molar-refractivity contribution is 7.99. The molecule has 1 aliphatic carbocycles. The van der Waals surface area contributed by atoms with Crippen LogP contribution in [-0.4, -0.2) is 29.4 Å². The molecule has 1 aromatic rings. The molecule has 2 N–H and O–H groups in total. The molecular weight excluding hydrogens is 284 g/mol. The van der Waals surface area contributed by atoms with E-state index in [1.54, 1.807) is 24.3 Å². The van der Waals surface area contributed by atoms with Gasteiger partial charge in [-0.1, -0.05) is 12.8 Å². The van der Waals surface area contributed by atoms with E-state index in [2.05, 4.69) is 16.9 Å². The molecule has 2 rings (SSSR count). The lowest BCUT2D eigenvalue weighted by atomic mass is 9.94. The summed E-state index contributed by atoms with van der Waals surface area (Å²) in [6, 6.07) is 7.26. The van der Waals surface area contributed by atoms with E-state index >= 15 is 0 Å². The highest BCUT2D eigenvalue weighted by atomic mass is 32.2. The summed E-state index contributed by atoms with van der Waals surface area (Å²) < 4.78 is 0. The lowest BCUT2D eigenvalue weighted by molar-refractivity contribution is -0.114. The Morgan fingerprint density at radius 2 is 1.81 bits per heavy atom. The summed E-state index contributed by atoms with van der Waals surface area (Å²) >= 11 is 1.84. The van der Waals surface area contributed by atoms with Crippen molar-refractivity contribution in [3.8, 4) is 0 Å². The number of hydrogen-bond donors (Lipinski definition) is 2. The van der Waals surface area contributed by atoms with Gasteiger partial charge in [-0.2, -0.15) is 11.8 Å². The third-order valence-electron chi connectivity index (χ3n) is 3.79. The summed E-state index contributed by atoms with van der Waals surface area (Å²) in [6.45, 7) is 1.46. The van der Waals surface area contributed by atoms with Crippen LogP contribution < -0.4 is 10.6 Å². The largest absolute Gasteiger partial charge is 0.348 e. The summed E-state index contributed by atoms with van der Waals surface area (Å²) in [6.07, 6.45) is 6.78. The molecule has 1 aromatic carbocycles. The maximum atomic E-state index is 12.3. The fraction of sp³-hybridized carbons (Fsp3) is 0.500. The van der Waals surface area contributed by atoms with Crippen molar-refractivity contribution in [2.24, 2.45) is 0 Å². The molecule has 0 heterocycles. The number of amides is 2. The Morgan fingerprint density at radius 3 is 2.43 bits per heavy atom. The van der Waals surface area contributed by atoms with Crippen LogP contribution in [0, 0.1) is 0 Å². The maximum absolute atomic E-state index is 12.3. The van der Waals surface area contributed by atoms with Crippen LogP contribution in [0.5, 0.6) is 0 Å². The van der Waals surface area contributed by atoms with Crippen molar-refractivity contribution < 1.29 is 9.59 Å². The van der Waals surface area contributed by atoms with E-state index < -0.39 is 0 Å². The Hall–Kier alpha value is -1.49. The van der Waals surface area contributed by atoms with E-state index in [1.165, 1.54) is 26.2 Å². The zero-order chi connectivity index (χ0) is 15.2. The average molecular weight is 306 g/mol. The number of rotatable bonds is 4. The third kappa shape index (κ3) is 4.49. The standard InChI is InChI=1S/C16H22N2O2S/c1-11(19)17-13-9-7-12(8-10-13)16(20)18-14-5-3-4-6-15(14)21-2/h7-10,14-15H,3-6H2,1-2H3,(H,17,19)(H,18,20)/t14-,15-/m0/s1. The Labute approximate surface area is 130 Å². The summed E-state index contributed by atoms with van der Waals surface area (Å²) in [5.74, 6) is -0.146. The average Bonchev–Trinajstić information content (AvgIpc) is 2.48. The zero-order valence-electron chi connectivity index (χ0n) is 12.5. The molecule has 0 spiro atoms. The van der Waals surface area contributed by atoms with Gasteiger partial charge in [0.1, 0.15) is 0 Å². The van der Waals surface area contributed by atoms with Crippen LogP contribution in [0.1, 0.15) is 43.0 Å². The summed E-state index contributed by atoms with van der Waals surface area (Å²) in [5, 5.41) is 6.36. The summed E-state index contributed by atoms with van der Waals surface area (Å²) in [5.41, 5.74) is 1.34. The van der Waals surface area contributed by atoms with Crippen LogP contribution in [0.4, 0.5) is 5.69 Å². The molecule has 1 fully saturated rings. The minimum atomic E-state index is -0.114. The second kappa shape index (κ2) is 7.50. The van der Waals surface area contributed by atoms with Crippen molar-refractivity contribution in [1.82, 2.24) is 5.32 Å². The Kier molecular flexibility index (Phi) is 5.67. The molecule has 21 heavy (non-hydrogen) atoms. The van der Waals surface area contributed by atoms with E-state index in [9.17, 15) is 9.59 Å². The molecule has 0 unspecified atom stereocenters. The third-order valence-corrected chi connectivity index (χ3v) is 4.96. The van der Waals surface area contributed by atoms with Gasteiger partial charge in [0.25, 0.3) is 5.91 Å². The van der Waals surface area contributed by atoms with E-state index in [1.807, 2.05) is 11.8 Å². The second-order valence-corrected chi connectivity index (χ2v) is 6.47. The first-order valence-corrected chi connectivity index (χ1v) is 8.60. The first-order valence-electron chi connectivity index (χ1n) is 7.31. The predicted molar refractivity (Wildman–Crippen MR) is 87.8 cm³/mol. The highest BCUT2D eigenvalue weighted by Gasteiger charge is 2.25. The van der Waals surface area contributed by atoms with Gasteiger partial charge in [-0.3, -0.25) is 9.59 Å². The SMILES string of the molecule is CS[C@H]1CCCC[C@@H]1NC(=O)c1ccc(NC(C)=O)cc1. The van der Waals surface area contributed by atoms with Gasteiger partial charge >= 0.3 is 0 Å². The van der Waals surface area contributed by atoms with Crippen molar-refractivity contribution in [1.29, 1.82) is 0 Å². The van der Waals surface area contributed by atoms with E-state index in [0.29, 0.717) is 16.5 Å². The van der Waals surface area contributed by atoms with Crippen LogP contribution in [0.25, 0.3) is 0 Å². The van der Waals surface area contributed by atoms with E-state index in [0.717, 1.165) is 6.42 Å². The van der Waals surface area contributed by atoms with Gasteiger partial charge in [-0.15, -0.1) is 0 Å². The summed E-state index contributed by atoms with van der Waals surface area (Å²) in [4.78, 5) is 23.3. The summed E-state index contributed by atoms with van der Waals surface area (Å²) in [7, 11) is 0. The molecular formula is C16H22N2O2S. The van der Waals surface area contributed by atoms with Gasteiger partial charge in [-0.05, 0) is 43.4 Å². The molecule has 0 bridgehead atoms. The van der Waals surface area contributed by atoms with Crippen molar-refractivity contribution in [2.45, 2.75) is 43.9 Å².